The van der Waals surface area contributed by atoms with Gasteiger partial charge in [-0.25, -0.2) is 0 Å². The lowest BCUT2D eigenvalue weighted by Gasteiger charge is -2.22. The summed E-state index contributed by atoms with van der Waals surface area (Å²) in [6, 6.07) is 3.93. The summed E-state index contributed by atoms with van der Waals surface area (Å²) in [5.74, 6) is 0.763. The molecule has 76 valence electrons. The van der Waals surface area contributed by atoms with Crippen LogP contribution in [0.25, 0.3) is 0 Å². The summed E-state index contributed by atoms with van der Waals surface area (Å²) in [5.41, 5.74) is 8.28. The van der Waals surface area contributed by atoms with Gasteiger partial charge in [0.2, 0.25) is 0 Å². The molecule has 2 rings (SSSR count). The molecular formula is C11H15NO2. The van der Waals surface area contributed by atoms with Gasteiger partial charge in [-0.05, 0) is 42.5 Å². The fourth-order valence-electron chi connectivity index (χ4n) is 1.97. The van der Waals surface area contributed by atoms with E-state index in [0.29, 0.717) is 5.75 Å². The maximum absolute atomic E-state index is 9.58. The zero-order valence-corrected chi connectivity index (χ0v) is 8.29. The highest BCUT2D eigenvalue weighted by molar-refractivity contribution is 5.47. The number of methoxy groups -OCH3 is 1. The lowest BCUT2D eigenvalue weighted by molar-refractivity contribution is 0.371. The predicted octanol–water partition coefficient (Wildman–Crippen LogP) is 1.22. The molecule has 0 unspecified atom stereocenters. The van der Waals surface area contributed by atoms with Gasteiger partial charge >= 0.3 is 0 Å². The molecule has 0 bridgehead atoms. The van der Waals surface area contributed by atoms with Crippen LogP contribution in [0.5, 0.6) is 11.5 Å². The average Bonchev–Trinajstić information content (AvgIpc) is 2.17. The minimum absolute atomic E-state index is 0.224. The van der Waals surface area contributed by atoms with Gasteiger partial charge in [-0.3, -0.25) is 0 Å². The van der Waals surface area contributed by atoms with E-state index < -0.39 is 0 Å². The molecule has 0 saturated heterocycles. The standard InChI is InChI=1S/C11H15NO2/c1-14-11-6-8-4-9(12)3-2-7(8)5-10(11)13/h5-6,9,13H,2-4,12H2,1H3/t9-/m0/s1. The summed E-state index contributed by atoms with van der Waals surface area (Å²) >= 11 is 0. The fourth-order valence-corrected chi connectivity index (χ4v) is 1.97. The number of hydrogen-bond donors (Lipinski definition) is 2. The van der Waals surface area contributed by atoms with Crippen LogP contribution in [0.15, 0.2) is 12.1 Å². The number of nitrogens with two attached hydrogens (primary N) is 1. The van der Waals surface area contributed by atoms with Crippen molar-refractivity contribution in [3.63, 3.8) is 0 Å². The molecule has 1 aliphatic carbocycles. The van der Waals surface area contributed by atoms with E-state index in [2.05, 4.69) is 0 Å². The highest BCUT2D eigenvalue weighted by Crippen LogP contribution is 2.32. The summed E-state index contributed by atoms with van der Waals surface area (Å²) in [7, 11) is 1.56. The van der Waals surface area contributed by atoms with Gasteiger partial charge in [-0.2, -0.15) is 0 Å². The molecule has 1 aromatic rings. The Kier molecular flexibility index (Phi) is 2.33. The van der Waals surface area contributed by atoms with E-state index in [1.807, 2.05) is 6.07 Å². The second-order valence-electron chi connectivity index (χ2n) is 3.80. The number of benzene rings is 1. The lowest BCUT2D eigenvalue weighted by Crippen LogP contribution is -2.27. The molecule has 0 radical (unpaired) electrons. The van der Waals surface area contributed by atoms with E-state index in [-0.39, 0.29) is 11.8 Å². The van der Waals surface area contributed by atoms with Crippen LogP contribution >= 0.6 is 0 Å². The van der Waals surface area contributed by atoms with Crippen molar-refractivity contribution >= 4 is 0 Å². The van der Waals surface area contributed by atoms with Crippen LogP contribution in [0.2, 0.25) is 0 Å². The minimum atomic E-state index is 0.224. The Morgan fingerprint density at radius 2 is 2.21 bits per heavy atom. The van der Waals surface area contributed by atoms with Crippen molar-refractivity contribution < 1.29 is 9.84 Å². The van der Waals surface area contributed by atoms with E-state index in [4.69, 9.17) is 10.5 Å². The normalized spacial score (nSPS) is 20.3. The largest absolute Gasteiger partial charge is 0.504 e. The smallest absolute Gasteiger partial charge is 0.160 e. The van der Waals surface area contributed by atoms with Crippen molar-refractivity contribution in [3.8, 4) is 11.5 Å². The number of rotatable bonds is 1. The van der Waals surface area contributed by atoms with Crippen LogP contribution in [0.1, 0.15) is 17.5 Å². The zero-order valence-electron chi connectivity index (χ0n) is 8.29. The van der Waals surface area contributed by atoms with Crippen LogP contribution < -0.4 is 10.5 Å². The summed E-state index contributed by atoms with van der Waals surface area (Å²) < 4.78 is 5.06. The van der Waals surface area contributed by atoms with Crippen molar-refractivity contribution in [1.82, 2.24) is 0 Å². The Bertz CT molecular complexity index is 349. The number of phenols is 1. The Morgan fingerprint density at radius 3 is 2.93 bits per heavy atom. The number of aromatic hydroxyl groups is 1. The van der Waals surface area contributed by atoms with Crippen molar-refractivity contribution in [2.75, 3.05) is 7.11 Å². The predicted molar refractivity (Wildman–Crippen MR) is 54.7 cm³/mol. The molecule has 0 amide bonds. The molecule has 0 fully saturated rings. The number of phenolic OH excluding ortho intramolecular Hbond substituents is 1. The van der Waals surface area contributed by atoms with Gasteiger partial charge in [-0.1, -0.05) is 0 Å². The average molecular weight is 193 g/mol. The Morgan fingerprint density at radius 1 is 1.43 bits per heavy atom. The van der Waals surface area contributed by atoms with E-state index in [0.717, 1.165) is 19.3 Å². The highest BCUT2D eigenvalue weighted by Gasteiger charge is 2.17. The molecule has 1 aliphatic rings. The molecule has 1 atom stereocenters. The third kappa shape index (κ3) is 1.55. The van der Waals surface area contributed by atoms with Gasteiger partial charge in [0.1, 0.15) is 0 Å². The molecule has 3 nitrogen and oxygen atoms in total. The quantitative estimate of drug-likeness (QED) is 0.705. The first kappa shape index (κ1) is 9.34. The molecule has 3 N–H and O–H groups in total. The molecule has 1 aromatic carbocycles. The lowest BCUT2D eigenvalue weighted by atomic mass is 9.88. The third-order valence-corrected chi connectivity index (χ3v) is 2.77. The maximum Gasteiger partial charge on any atom is 0.160 e. The molecule has 0 heterocycles. The van der Waals surface area contributed by atoms with Crippen LogP contribution in [0.3, 0.4) is 0 Å². The van der Waals surface area contributed by atoms with Gasteiger partial charge in [0.05, 0.1) is 7.11 Å². The van der Waals surface area contributed by atoms with Gasteiger partial charge in [0, 0.05) is 6.04 Å². The Hall–Kier alpha value is -1.22. The summed E-state index contributed by atoms with van der Waals surface area (Å²) in [6.07, 6.45) is 2.83. The number of hydrogen-bond acceptors (Lipinski definition) is 3. The second-order valence-corrected chi connectivity index (χ2v) is 3.80. The van der Waals surface area contributed by atoms with Gasteiger partial charge in [0.25, 0.3) is 0 Å². The van der Waals surface area contributed by atoms with E-state index in [1.54, 1.807) is 13.2 Å². The topological polar surface area (TPSA) is 55.5 Å². The molecule has 0 spiro atoms. The molecule has 3 heteroatoms. The molecular weight excluding hydrogens is 178 g/mol. The molecule has 0 aliphatic heterocycles. The number of fused-ring (bicyclic) bond motifs is 1. The van der Waals surface area contributed by atoms with Crippen molar-refractivity contribution in [1.29, 1.82) is 0 Å². The van der Waals surface area contributed by atoms with Crippen molar-refractivity contribution in [2.45, 2.75) is 25.3 Å². The van der Waals surface area contributed by atoms with Gasteiger partial charge < -0.3 is 15.6 Å². The van der Waals surface area contributed by atoms with Gasteiger partial charge in [-0.15, -0.1) is 0 Å². The molecule has 14 heavy (non-hydrogen) atoms. The summed E-state index contributed by atoms with van der Waals surface area (Å²) in [5, 5.41) is 9.58. The second kappa shape index (κ2) is 3.50. The van der Waals surface area contributed by atoms with Crippen molar-refractivity contribution in [3.05, 3.63) is 23.3 Å². The van der Waals surface area contributed by atoms with Gasteiger partial charge in [0.15, 0.2) is 11.5 Å². The highest BCUT2D eigenvalue weighted by atomic mass is 16.5. The van der Waals surface area contributed by atoms with Crippen LogP contribution in [0, 0.1) is 0 Å². The van der Waals surface area contributed by atoms with Crippen molar-refractivity contribution in [2.24, 2.45) is 5.73 Å². The summed E-state index contributed by atoms with van der Waals surface area (Å²) in [4.78, 5) is 0. The maximum atomic E-state index is 9.58. The Balaban J connectivity index is 2.41. The zero-order chi connectivity index (χ0) is 10.1. The van der Waals surface area contributed by atoms with E-state index >= 15 is 0 Å². The fraction of sp³-hybridized carbons (Fsp3) is 0.455. The van der Waals surface area contributed by atoms with Crippen LogP contribution in [0.4, 0.5) is 0 Å². The first-order chi connectivity index (χ1) is 6.70. The SMILES string of the molecule is COc1cc2c(cc1O)CC[C@H](N)C2. The van der Waals surface area contributed by atoms with E-state index in [1.165, 1.54) is 11.1 Å². The minimum Gasteiger partial charge on any atom is -0.504 e. The monoisotopic (exact) mass is 193 g/mol. The number of aryl methyl sites for hydroxylation is 1. The first-order valence-electron chi connectivity index (χ1n) is 4.85. The first-order valence-corrected chi connectivity index (χ1v) is 4.85. The van der Waals surface area contributed by atoms with Crippen LogP contribution in [-0.2, 0) is 12.8 Å². The number of ether oxygens (including phenoxy) is 1. The molecule has 0 aromatic heterocycles. The summed E-state index contributed by atoms with van der Waals surface area (Å²) in [6.45, 7) is 0. The molecule has 0 saturated carbocycles. The third-order valence-electron chi connectivity index (χ3n) is 2.77. The Labute approximate surface area is 83.5 Å². The van der Waals surface area contributed by atoms with E-state index in [9.17, 15) is 5.11 Å². The van der Waals surface area contributed by atoms with Crippen LogP contribution in [-0.4, -0.2) is 18.3 Å².